The number of fused-ring (bicyclic) bond motifs is 6. The first-order chi connectivity index (χ1) is 25.7. The van der Waals surface area contributed by atoms with E-state index in [1.54, 1.807) is 0 Å². The van der Waals surface area contributed by atoms with Crippen molar-refractivity contribution in [3.63, 3.8) is 0 Å². The lowest BCUT2D eigenvalue weighted by atomic mass is 9.93. The van der Waals surface area contributed by atoms with Crippen molar-refractivity contribution in [3.8, 4) is 22.3 Å². The Kier molecular flexibility index (Phi) is 8.03. The van der Waals surface area contributed by atoms with Crippen LogP contribution >= 0.6 is 0 Å². The molecule has 0 amide bonds. The largest absolute Gasteiger partial charge is 0.456 e. The quantitative estimate of drug-likeness (QED) is 0.0989. The zero-order valence-electron chi connectivity index (χ0n) is 28.4. The molecule has 0 aliphatic heterocycles. The summed E-state index contributed by atoms with van der Waals surface area (Å²) in [5.74, 6) is 1.10. The van der Waals surface area contributed by atoms with Gasteiger partial charge in [-0.2, -0.15) is 0 Å². The molecule has 4 nitrogen and oxygen atoms in total. The molecule has 9 rings (SSSR count). The summed E-state index contributed by atoms with van der Waals surface area (Å²) >= 11 is 0. The van der Waals surface area contributed by atoms with E-state index in [0.717, 1.165) is 55.3 Å². The fourth-order valence-electron chi connectivity index (χ4n) is 7.16. The number of nitrogens with zero attached hydrogens (tertiary/aromatic N) is 3. The highest BCUT2D eigenvalue weighted by molar-refractivity contribution is 6.15. The van der Waals surface area contributed by atoms with Crippen LogP contribution in [0.5, 0.6) is 0 Å². The van der Waals surface area contributed by atoms with Crippen LogP contribution in [0.25, 0.3) is 65.7 Å². The molecule has 0 radical (unpaired) electrons. The molecule has 1 aromatic heterocycles. The van der Waals surface area contributed by atoms with Gasteiger partial charge in [-0.25, -0.2) is 9.98 Å². The van der Waals surface area contributed by atoms with Gasteiger partial charge in [-0.3, -0.25) is 4.99 Å². The maximum Gasteiger partial charge on any atom is 0.161 e. The third-order valence-corrected chi connectivity index (χ3v) is 9.71. The third-order valence-electron chi connectivity index (χ3n) is 9.71. The van der Waals surface area contributed by atoms with Gasteiger partial charge in [0.15, 0.2) is 11.7 Å². The van der Waals surface area contributed by atoms with Gasteiger partial charge in [-0.1, -0.05) is 152 Å². The van der Waals surface area contributed by atoms with Crippen LogP contribution < -0.4 is 0 Å². The Morgan fingerprint density at radius 3 is 1.92 bits per heavy atom. The highest BCUT2D eigenvalue weighted by atomic mass is 16.3. The molecule has 0 saturated carbocycles. The monoisotopic (exact) mass is 667 g/mol. The second-order valence-electron chi connectivity index (χ2n) is 12.8. The third kappa shape index (κ3) is 5.76. The molecule has 0 atom stereocenters. The summed E-state index contributed by atoms with van der Waals surface area (Å²) < 4.78 is 6.53. The van der Waals surface area contributed by atoms with Crippen molar-refractivity contribution in [3.05, 3.63) is 193 Å². The van der Waals surface area contributed by atoms with E-state index in [-0.39, 0.29) is 0 Å². The molecule has 0 bridgehead atoms. The summed E-state index contributed by atoms with van der Waals surface area (Å²) in [5, 5.41) is 7.07. The molecule has 246 valence electrons. The van der Waals surface area contributed by atoms with Crippen molar-refractivity contribution in [2.75, 3.05) is 0 Å². The van der Waals surface area contributed by atoms with E-state index >= 15 is 0 Å². The number of hydrogen-bond acceptors (Lipinski definition) is 2. The van der Waals surface area contributed by atoms with Gasteiger partial charge in [0.05, 0.1) is 6.54 Å². The molecule has 0 saturated heterocycles. The second kappa shape index (κ2) is 13.4. The van der Waals surface area contributed by atoms with Crippen LogP contribution in [0.3, 0.4) is 0 Å². The second-order valence-corrected chi connectivity index (χ2v) is 12.8. The van der Waals surface area contributed by atoms with Gasteiger partial charge >= 0.3 is 0 Å². The van der Waals surface area contributed by atoms with Crippen molar-refractivity contribution < 1.29 is 4.42 Å². The Morgan fingerprint density at radius 2 is 1.13 bits per heavy atom. The molecule has 4 heteroatoms. The number of furan rings is 1. The minimum Gasteiger partial charge on any atom is -0.456 e. The summed E-state index contributed by atoms with van der Waals surface area (Å²) in [6.07, 6.45) is 0. The standard InChI is InChI=1S/C48H33N3O/c1-49-47(35-25-23-33(24-26-35)32-13-4-2-5-14-32)51-48(34-15-6-3-7-16-34)50-31-38-18-12-22-44-46(38)42-28-27-37(30-45(42)52-44)43-29-36-17-8-9-19-39(36)40-20-10-11-21-41(40)43/h2-30H,1,31H2/b50-48-,51-47-. The van der Waals surface area contributed by atoms with Crippen LogP contribution in [-0.2, 0) is 6.54 Å². The highest BCUT2D eigenvalue weighted by Gasteiger charge is 2.15. The first-order valence-corrected chi connectivity index (χ1v) is 17.4. The normalized spacial score (nSPS) is 12.2. The van der Waals surface area contributed by atoms with Crippen LogP contribution in [0.2, 0.25) is 0 Å². The SMILES string of the molecule is C=N/C(=N\C(=N/Cc1cccc2oc3cc(-c4cc5ccccc5c5ccccc45)ccc3c12)c1ccccc1)c1ccc(-c2ccccc2)cc1. The van der Waals surface area contributed by atoms with Gasteiger partial charge < -0.3 is 4.42 Å². The first kappa shape index (κ1) is 31.1. The van der Waals surface area contributed by atoms with Gasteiger partial charge in [0, 0.05) is 21.9 Å². The van der Waals surface area contributed by atoms with Crippen molar-refractivity contribution in [1.82, 2.24) is 0 Å². The van der Waals surface area contributed by atoms with Gasteiger partial charge in [0.25, 0.3) is 0 Å². The van der Waals surface area contributed by atoms with Crippen LogP contribution in [0, 0.1) is 0 Å². The maximum atomic E-state index is 6.53. The topological polar surface area (TPSA) is 50.2 Å². The van der Waals surface area contributed by atoms with Gasteiger partial charge in [-0.05, 0) is 80.3 Å². The Balaban J connectivity index is 1.10. The number of amidine groups is 2. The highest BCUT2D eigenvalue weighted by Crippen LogP contribution is 2.39. The van der Waals surface area contributed by atoms with Gasteiger partial charge in [0.1, 0.15) is 11.2 Å². The smallest absolute Gasteiger partial charge is 0.161 e. The van der Waals surface area contributed by atoms with E-state index < -0.39 is 0 Å². The number of rotatable bonds is 6. The zero-order chi connectivity index (χ0) is 34.9. The summed E-state index contributed by atoms with van der Waals surface area (Å²) in [5.41, 5.74) is 9.11. The first-order valence-electron chi connectivity index (χ1n) is 17.4. The number of benzene rings is 8. The van der Waals surface area contributed by atoms with E-state index in [1.165, 1.54) is 27.1 Å². The molecule has 0 aliphatic carbocycles. The number of hydrogen-bond donors (Lipinski definition) is 0. The predicted octanol–water partition coefficient (Wildman–Crippen LogP) is 12.3. The van der Waals surface area contributed by atoms with Crippen molar-refractivity contribution in [1.29, 1.82) is 0 Å². The Labute approximate surface area is 301 Å². The fraction of sp³-hybridized carbons (Fsp3) is 0.0208. The Hall–Kier alpha value is -6.91. The molecule has 0 unspecified atom stereocenters. The molecular weight excluding hydrogens is 635 g/mol. The zero-order valence-corrected chi connectivity index (χ0v) is 28.4. The van der Waals surface area contributed by atoms with Crippen LogP contribution in [0.1, 0.15) is 16.7 Å². The van der Waals surface area contributed by atoms with Gasteiger partial charge in [-0.15, -0.1) is 0 Å². The fourth-order valence-corrected chi connectivity index (χ4v) is 7.16. The summed E-state index contributed by atoms with van der Waals surface area (Å²) in [7, 11) is 0. The molecule has 9 aromatic rings. The Bertz CT molecular complexity index is 2810. The molecule has 52 heavy (non-hydrogen) atoms. The van der Waals surface area contributed by atoms with E-state index in [2.05, 4.69) is 115 Å². The van der Waals surface area contributed by atoms with E-state index in [0.29, 0.717) is 18.2 Å². The van der Waals surface area contributed by atoms with E-state index in [1.807, 2.05) is 72.8 Å². The summed E-state index contributed by atoms with van der Waals surface area (Å²) in [6.45, 7) is 4.27. The average Bonchev–Trinajstić information content (AvgIpc) is 3.60. The van der Waals surface area contributed by atoms with Gasteiger partial charge in [0.2, 0.25) is 0 Å². The summed E-state index contributed by atoms with van der Waals surface area (Å²) in [4.78, 5) is 14.4. The molecule has 0 spiro atoms. The maximum absolute atomic E-state index is 6.53. The van der Waals surface area contributed by atoms with Crippen molar-refractivity contribution in [2.24, 2.45) is 15.0 Å². The summed E-state index contributed by atoms with van der Waals surface area (Å²) in [6, 6.07) is 60.8. The Morgan fingerprint density at radius 1 is 0.481 bits per heavy atom. The lowest BCUT2D eigenvalue weighted by Crippen LogP contribution is -2.05. The van der Waals surface area contributed by atoms with Crippen LogP contribution in [0.4, 0.5) is 0 Å². The number of aliphatic imine (C=N–C) groups is 3. The molecule has 0 aliphatic rings. The lowest BCUT2D eigenvalue weighted by molar-refractivity contribution is 0.669. The van der Waals surface area contributed by atoms with E-state index in [9.17, 15) is 0 Å². The van der Waals surface area contributed by atoms with E-state index in [4.69, 9.17) is 14.4 Å². The molecule has 0 fully saturated rings. The molecule has 8 aromatic carbocycles. The minimum atomic E-state index is 0.411. The molecule has 0 N–H and O–H groups in total. The lowest BCUT2D eigenvalue weighted by Gasteiger charge is -2.11. The molecule has 1 heterocycles. The average molecular weight is 668 g/mol. The predicted molar refractivity (Wildman–Crippen MR) is 219 cm³/mol. The molecular formula is C48H33N3O. The minimum absolute atomic E-state index is 0.411. The van der Waals surface area contributed by atoms with Crippen molar-refractivity contribution >= 4 is 61.9 Å². The van der Waals surface area contributed by atoms with Crippen LogP contribution in [0.15, 0.2) is 195 Å². The van der Waals surface area contributed by atoms with Crippen molar-refractivity contribution in [2.45, 2.75) is 6.54 Å². The van der Waals surface area contributed by atoms with Crippen LogP contribution in [-0.4, -0.2) is 18.4 Å².